The number of oxazole rings is 1. The molecule has 7 heteroatoms. The summed E-state index contributed by atoms with van der Waals surface area (Å²) >= 11 is 1.68. The largest absolute Gasteiger partial charge is 0.444 e. The maximum Gasteiger partial charge on any atom is 0.296 e. The van der Waals surface area contributed by atoms with Gasteiger partial charge in [-0.2, -0.15) is 8.42 Å². The van der Waals surface area contributed by atoms with Gasteiger partial charge >= 0.3 is 0 Å². The average Bonchev–Trinajstić information content (AvgIpc) is 3.18. The predicted octanol–water partition coefficient (Wildman–Crippen LogP) is 3.93. The van der Waals surface area contributed by atoms with Gasteiger partial charge in [-0.3, -0.25) is 4.18 Å². The Morgan fingerprint density at radius 1 is 1.29 bits per heavy atom. The SMILES string of the molecule is Cc1ccc(S(=O)(=O)OCCc2nc(C3CC=CS3)oc2C)cc1. The third kappa shape index (κ3) is 3.91. The molecule has 2 aromatic rings. The molecule has 0 saturated carbocycles. The lowest BCUT2D eigenvalue weighted by Gasteiger charge is -2.05. The van der Waals surface area contributed by atoms with Crippen LogP contribution in [0, 0.1) is 13.8 Å². The zero-order valence-corrected chi connectivity index (χ0v) is 15.2. The molecule has 3 rings (SSSR count). The Labute approximate surface area is 146 Å². The Morgan fingerprint density at radius 3 is 2.71 bits per heavy atom. The molecule has 1 aromatic heterocycles. The first-order chi connectivity index (χ1) is 11.5. The van der Waals surface area contributed by atoms with Crippen molar-refractivity contribution in [3.05, 3.63) is 58.7 Å². The highest BCUT2D eigenvalue weighted by molar-refractivity contribution is 8.02. The molecule has 128 valence electrons. The van der Waals surface area contributed by atoms with Gasteiger partial charge in [-0.1, -0.05) is 23.8 Å². The Morgan fingerprint density at radius 2 is 2.04 bits per heavy atom. The van der Waals surface area contributed by atoms with Crippen molar-refractivity contribution in [2.45, 2.75) is 36.8 Å². The van der Waals surface area contributed by atoms with Crippen LogP contribution >= 0.6 is 11.8 Å². The van der Waals surface area contributed by atoms with Crippen LogP contribution in [0.2, 0.25) is 0 Å². The molecular formula is C17H19NO4S2. The minimum Gasteiger partial charge on any atom is -0.444 e. The normalized spacial score (nSPS) is 17.5. The van der Waals surface area contributed by atoms with Crippen LogP contribution in [0.15, 0.2) is 45.1 Å². The van der Waals surface area contributed by atoms with Crippen molar-refractivity contribution >= 4 is 21.9 Å². The number of benzene rings is 1. The zero-order valence-electron chi connectivity index (χ0n) is 13.6. The molecule has 24 heavy (non-hydrogen) atoms. The molecule has 1 aromatic carbocycles. The molecule has 1 unspecified atom stereocenters. The van der Waals surface area contributed by atoms with Crippen molar-refractivity contribution in [2.24, 2.45) is 0 Å². The summed E-state index contributed by atoms with van der Waals surface area (Å²) in [5.41, 5.74) is 1.75. The van der Waals surface area contributed by atoms with Crippen LogP contribution in [0.4, 0.5) is 0 Å². The lowest BCUT2D eigenvalue weighted by atomic mass is 10.2. The van der Waals surface area contributed by atoms with Gasteiger partial charge in [0.1, 0.15) is 5.76 Å². The van der Waals surface area contributed by atoms with E-state index in [4.69, 9.17) is 8.60 Å². The zero-order chi connectivity index (χ0) is 17.2. The lowest BCUT2D eigenvalue weighted by molar-refractivity contribution is 0.320. The first-order valence-corrected chi connectivity index (χ1v) is 10.0. The standard InChI is InChI=1S/C17H19NO4S2/c1-12-5-7-14(8-6-12)24(19,20)21-10-9-15-13(2)22-17(18-15)16-4-3-11-23-16/h3,5-8,11,16H,4,9-10H2,1-2H3. The first-order valence-electron chi connectivity index (χ1n) is 7.68. The van der Waals surface area contributed by atoms with E-state index in [0.717, 1.165) is 17.7 Å². The number of hydrogen-bond donors (Lipinski definition) is 0. The van der Waals surface area contributed by atoms with Gasteiger partial charge in [0.2, 0.25) is 5.89 Å². The quantitative estimate of drug-likeness (QED) is 0.723. The third-order valence-corrected chi connectivity index (χ3v) is 6.16. The summed E-state index contributed by atoms with van der Waals surface area (Å²) in [4.78, 5) is 4.66. The maximum atomic E-state index is 12.2. The number of nitrogens with zero attached hydrogens (tertiary/aromatic N) is 1. The van der Waals surface area contributed by atoms with Crippen LogP contribution in [0.5, 0.6) is 0 Å². The minimum absolute atomic E-state index is 0.0408. The Balaban J connectivity index is 1.61. The molecule has 0 N–H and O–H groups in total. The van der Waals surface area contributed by atoms with Crippen molar-refractivity contribution in [2.75, 3.05) is 6.61 Å². The molecule has 1 aliphatic rings. The molecule has 1 atom stereocenters. The Hall–Kier alpha value is -1.57. The van der Waals surface area contributed by atoms with Gasteiger partial charge in [-0.15, -0.1) is 11.8 Å². The topological polar surface area (TPSA) is 69.4 Å². The molecular weight excluding hydrogens is 346 g/mol. The van der Waals surface area contributed by atoms with Crippen LogP contribution in [-0.4, -0.2) is 20.0 Å². The van der Waals surface area contributed by atoms with E-state index in [0.29, 0.717) is 18.1 Å². The molecule has 0 fully saturated rings. The average molecular weight is 365 g/mol. The van der Waals surface area contributed by atoms with Crippen LogP contribution in [0.3, 0.4) is 0 Å². The number of aryl methyl sites for hydroxylation is 2. The molecule has 1 aliphatic heterocycles. The Kier molecular flexibility index (Phi) is 5.12. The van der Waals surface area contributed by atoms with Crippen molar-refractivity contribution in [1.82, 2.24) is 4.98 Å². The van der Waals surface area contributed by atoms with Gasteiger partial charge in [0.15, 0.2) is 0 Å². The summed E-state index contributed by atoms with van der Waals surface area (Å²) in [5.74, 6) is 1.41. The number of hydrogen-bond acceptors (Lipinski definition) is 6. The van der Waals surface area contributed by atoms with Crippen LogP contribution < -0.4 is 0 Å². The highest BCUT2D eigenvalue weighted by atomic mass is 32.2. The molecule has 2 heterocycles. The summed E-state index contributed by atoms with van der Waals surface area (Å²) < 4.78 is 35.1. The van der Waals surface area contributed by atoms with Gasteiger partial charge in [-0.25, -0.2) is 4.98 Å². The second-order valence-electron chi connectivity index (χ2n) is 5.63. The lowest BCUT2D eigenvalue weighted by Crippen LogP contribution is -2.09. The Bertz CT molecular complexity index is 830. The van der Waals surface area contributed by atoms with E-state index in [1.54, 1.807) is 36.0 Å². The van der Waals surface area contributed by atoms with Gasteiger partial charge in [-0.05, 0) is 37.8 Å². The van der Waals surface area contributed by atoms with Crippen LogP contribution in [0.1, 0.15) is 34.6 Å². The van der Waals surface area contributed by atoms with Crippen LogP contribution in [0.25, 0.3) is 0 Å². The summed E-state index contributed by atoms with van der Waals surface area (Å²) in [6.07, 6.45) is 3.39. The summed E-state index contributed by atoms with van der Waals surface area (Å²) in [7, 11) is -3.74. The van der Waals surface area contributed by atoms with Gasteiger partial charge in [0.25, 0.3) is 10.1 Å². The van der Waals surface area contributed by atoms with E-state index in [1.165, 1.54) is 0 Å². The fourth-order valence-electron chi connectivity index (χ4n) is 2.39. The number of allylic oxidation sites excluding steroid dienone is 1. The van der Waals surface area contributed by atoms with Crippen molar-refractivity contribution in [3.63, 3.8) is 0 Å². The molecule has 0 radical (unpaired) electrons. The number of aromatic nitrogens is 1. The summed E-state index contributed by atoms with van der Waals surface area (Å²) in [5, 5.41) is 2.26. The van der Waals surface area contributed by atoms with Gasteiger partial charge < -0.3 is 4.42 Å². The second-order valence-corrected chi connectivity index (χ2v) is 8.36. The highest BCUT2D eigenvalue weighted by Gasteiger charge is 2.22. The number of thioether (sulfide) groups is 1. The smallest absolute Gasteiger partial charge is 0.296 e. The fraction of sp³-hybridized carbons (Fsp3) is 0.353. The first kappa shape index (κ1) is 17.3. The van der Waals surface area contributed by atoms with Crippen LogP contribution in [-0.2, 0) is 20.7 Å². The number of rotatable bonds is 6. The molecule has 0 amide bonds. The predicted molar refractivity (Wildman–Crippen MR) is 93.3 cm³/mol. The molecule has 0 aliphatic carbocycles. The minimum atomic E-state index is -3.74. The monoisotopic (exact) mass is 365 g/mol. The van der Waals surface area contributed by atoms with E-state index in [2.05, 4.69) is 11.1 Å². The van der Waals surface area contributed by atoms with Crippen molar-refractivity contribution < 1.29 is 17.0 Å². The van der Waals surface area contributed by atoms with Crippen molar-refractivity contribution in [1.29, 1.82) is 0 Å². The second kappa shape index (κ2) is 7.13. The summed E-state index contributed by atoms with van der Waals surface area (Å²) in [6, 6.07) is 6.60. The highest BCUT2D eigenvalue weighted by Crippen LogP contribution is 2.38. The van der Waals surface area contributed by atoms with Gasteiger partial charge in [0, 0.05) is 6.42 Å². The molecule has 0 spiro atoms. The van der Waals surface area contributed by atoms with E-state index >= 15 is 0 Å². The molecule has 0 bridgehead atoms. The van der Waals surface area contributed by atoms with Crippen molar-refractivity contribution in [3.8, 4) is 0 Å². The summed E-state index contributed by atoms with van der Waals surface area (Å²) in [6.45, 7) is 3.78. The molecule has 5 nitrogen and oxygen atoms in total. The maximum absolute atomic E-state index is 12.2. The van der Waals surface area contributed by atoms with E-state index in [9.17, 15) is 8.42 Å². The van der Waals surface area contributed by atoms with E-state index in [-0.39, 0.29) is 16.8 Å². The van der Waals surface area contributed by atoms with Gasteiger partial charge in [0.05, 0.1) is 22.4 Å². The molecule has 0 saturated heterocycles. The fourth-order valence-corrected chi connectivity index (χ4v) is 4.14. The third-order valence-electron chi connectivity index (χ3n) is 3.76. The van der Waals surface area contributed by atoms with E-state index < -0.39 is 10.1 Å². The van der Waals surface area contributed by atoms with E-state index in [1.807, 2.05) is 19.3 Å².